The number of carbonyl (C=O) groups is 1. The summed E-state index contributed by atoms with van der Waals surface area (Å²) in [6.07, 6.45) is 1.12. The first-order valence-electron chi connectivity index (χ1n) is 7.53. The van der Waals surface area contributed by atoms with E-state index in [0.717, 1.165) is 24.3 Å². The molecule has 0 saturated carbocycles. The molecule has 4 heteroatoms. The molecule has 0 aliphatic carbocycles. The van der Waals surface area contributed by atoms with Crippen LogP contribution in [0.25, 0.3) is 0 Å². The summed E-state index contributed by atoms with van der Waals surface area (Å²) in [6.45, 7) is 0.740. The average Bonchev–Trinajstić information content (AvgIpc) is 2.56. The fourth-order valence-corrected chi connectivity index (χ4v) is 4.14. The van der Waals surface area contributed by atoms with Crippen molar-refractivity contribution in [1.82, 2.24) is 5.32 Å². The molecule has 3 rings (SSSR count). The van der Waals surface area contributed by atoms with Crippen LogP contribution in [0, 0.1) is 0 Å². The first kappa shape index (κ1) is 15.1. The molecule has 1 aliphatic rings. The third-order valence-corrected chi connectivity index (χ3v) is 5.28. The Morgan fingerprint density at radius 2 is 1.91 bits per heavy atom. The lowest BCUT2D eigenvalue weighted by atomic mass is 10.0. The molecule has 3 N–H and O–H groups in total. The maximum atomic E-state index is 11.8. The Kier molecular flexibility index (Phi) is 4.80. The van der Waals surface area contributed by atoms with Gasteiger partial charge >= 0.3 is 0 Å². The number of nitrogens with one attached hydrogen (secondary N) is 1. The first-order valence-corrected chi connectivity index (χ1v) is 8.57. The first-order chi connectivity index (χ1) is 10.8. The SMILES string of the molecule is NC(=O)[C@@H](NC[C@@H]1SCCc2ccccc21)c1ccccc1. The molecule has 0 bridgehead atoms. The quantitative estimate of drug-likeness (QED) is 0.892. The van der Waals surface area contributed by atoms with Crippen molar-refractivity contribution in [2.24, 2.45) is 5.73 Å². The lowest BCUT2D eigenvalue weighted by Crippen LogP contribution is -2.36. The minimum atomic E-state index is -0.434. The van der Waals surface area contributed by atoms with Gasteiger partial charge in [-0.1, -0.05) is 54.6 Å². The molecule has 0 unspecified atom stereocenters. The Balaban J connectivity index is 1.73. The van der Waals surface area contributed by atoms with Gasteiger partial charge in [-0.05, 0) is 28.9 Å². The number of thioether (sulfide) groups is 1. The largest absolute Gasteiger partial charge is 0.368 e. The number of rotatable bonds is 5. The van der Waals surface area contributed by atoms with E-state index in [0.29, 0.717) is 5.25 Å². The van der Waals surface area contributed by atoms with Gasteiger partial charge in [-0.3, -0.25) is 4.79 Å². The normalized spacial score (nSPS) is 18.5. The van der Waals surface area contributed by atoms with Crippen LogP contribution in [0.5, 0.6) is 0 Å². The van der Waals surface area contributed by atoms with E-state index in [1.165, 1.54) is 11.1 Å². The van der Waals surface area contributed by atoms with Gasteiger partial charge in [-0.2, -0.15) is 11.8 Å². The number of hydrogen-bond donors (Lipinski definition) is 2. The number of amides is 1. The zero-order valence-electron chi connectivity index (χ0n) is 12.4. The molecular formula is C18H20N2OS. The molecule has 0 saturated heterocycles. The molecule has 1 aliphatic heterocycles. The van der Waals surface area contributed by atoms with E-state index in [-0.39, 0.29) is 5.91 Å². The van der Waals surface area contributed by atoms with Crippen LogP contribution < -0.4 is 11.1 Å². The lowest BCUT2D eigenvalue weighted by molar-refractivity contribution is -0.120. The molecule has 0 spiro atoms. The summed E-state index contributed by atoms with van der Waals surface area (Å²) in [4.78, 5) is 11.8. The third-order valence-electron chi connectivity index (χ3n) is 4.02. The van der Waals surface area contributed by atoms with Gasteiger partial charge < -0.3 is 11.1 Å². The molecule has 2 aromatic carbocycles. The van der Waals surface area contributed by atoms with Crippen LogP contribution in [-0.4, -0.2) is 18.2 Å². The van der Waals surface area contributed by atoms with E-state index in [1.54, 1.807) is 0 Å². The lowest BCUT2D eigenvalue weighted by Gasteiger charge is -2.27. The molecule has 0 fully saturated rings. The second-order valence-corrected chi connectivity index (χ2v) is 6.77. The summed E-state index contributed by atoms with van der Waals surface area (Å²) < 4.78 is 0. The summed E-state index contributed by atoms with van der Waals surface area (Å²) in [5, 5.41) is 3.72. The van der Waals surface area contributed by atoms with Crippen molar-refractivity contribution < 1.29 is 4.79 Å². The van der Waals surface area contributed by atoms with Crippen LogP contribution in [-0.2, 0) is 11.2 Å². The Bertz CT molecular complexity index is 645. The zero-order valence-corrected chi connectivity index (χ0v) is 13.2. The number of aryl methyl sites for hydroxylation is 1. The van der Waals surface area contributed by atoms with Gasteiger partial charge in [0.2, 0.25) is 5.91 Å². The number of fused-ring (bicyclic) bond motifs is 1. The van der Waals surface area contributed by atoms with Crippen molar-refractivity contribution in [3.05, 3.63) is 71.3 Å². The van der Waals surface area contributed by atoms with Crippen LogP contribution in [0.1, 0.15) is 28.0 Å². The van der Waals surface area contributed by atoms with Crippen molar-refractivity contribution in [3.63, 3.8) is 0 Å². The number of benzene rings is 2. The number of primary amides is 1. The maximum Gasteiger partial charge on any atom is 0.239 e. The Morgan fingerprint density at radius 3 is 2.68 bits per heavy atom. The third kappa shape index (κ3) is 3.34. The summed E-state index contributed by atoms with van der Waals surface area (Å²) in [7, 11) is 0. The van der Waals surface area contributed by atoms with Crippen molar-refractivity contribution >= 4 is 17.7 Å². The van der Waals surface area contributed by atoms with Crippen LogP contribution in [0.2, 0.25) is 0 Å². The van der Waals surface area contributed by atoms with Gasteiger partial charge in [0, 0.05) is 11.8 Å². The number of nitrogens with two attached hydrogens (primary N) is 1. The van der Waals surface area contributed by atoms with Gasteiger partial charge in [-0.15, -0.1) is 0 Å². The van der Waals surface area contributed by atoms with Gasteiger partial charge in [0.15, 0.2) is 0 Å². The summed E-state index contributed by atoms with van der Waals surface area (Å²) in [5.74, 6) is 0.788. The summed E-state index contributed by atoms with van der Waals surface area (Å²) >= 11 is 1.94. The fraction of sp³-hybridized carbons (Fsp3) is 0.278. The highest BCUT2D eigenvalue weighted by atomic mass is 32.2. The molecule has 2 aromatic rings. The Hall–Kier alpha value is -1.78. The van der Waals surface area contributed by atoms with E-state index in [1.807, 2.05) is 42.1 Å². The van der Waals surface area contributed by atoms with Crippen LogP contribution in [0.3, 0.4) is 0 Å². The minimum absolute atomic E-state index is 0.333. The molecule has 22 heavy (non-hydrogen) atoms. The standard InChI is InChI=1S/C18H20N2OS/c19-18(21)17(14-7-2-1-3-8-14)20-12-16-15-9-5-4-6-13(15)10-11-22-16/h1-9,16-17,20H,10-12H2,(H2,19,21)/t16-,17-/m0/s1. The summed E-state index contributed by atoms with van der Waals surface area (Å²) in [5.41, 5.74) is 9.29. The minimum Gasteiger partial charge on any atom is -0.368 e. The second kappa shape index (κ2) is 6.99. The van der Waals surface area contributed by atoms with E-state index in [4.69, 9.17) is 5.73 Å². The molecule has 114 valence electrons. The summed E-state index contributed by atoms with van der Waals surface area (Å²) in [6, 6.07) is 17.8. The van der Waals surface area contributed by atoms with Crippen LogP contribution in [0.4, 0.5) is 0 Å². The fourth-order valence-electron chi connectivity index (χ4n) is 2.90. The highest BCUT2D eigenvalue weighted by Crippen LogP contribution is 2.36. The second-order valence-electron chi connectivity index (χ2n) is 5.46. The van der Waals surface area contributed by atoms with E-state index >= 15 is 0 Å². The molecule has 1 amide bonds. The van der Waals surface area contributed by atoms with Gasteiger partial charge in [0.05, 0.1) is 0 Å². The molecule has 2 atom stereocenters. The van der Waals surface area contributed by atoms with Gasteiger partial charge in [-0.25, -0.2) is 0 Å². The predicted molar refractivity (Wildman–Crippen MR) is 91.7 cm³/mol. The van der Waals surface area contributed by atoms with Crippen molar-refractivity contribution in [3.8, 4) is 0 Å². The van der Waals surface area contributed by atoms with Gasteiger partial charge in [0.25, 0.3) is 0 Å². The number of carbonyl (C=O) groups excluding carboxylic acids is 1. The van der Waals surface area contributed by atoms with E-state index in [9.17, 15) is 4.79 Å². The smallest absolute Gasteiger partial charge is 0.239 e. The molecule has 1 heterocycles. The van der Waals surface area contributed by atoms with Gasteiger partial charge in [0.1, 0.15) is 6.04 Å². The molecule has 0 radical (unpaired) electrons. The van der Waals surface area contributed by atoms with Crippen molar-refractivity contribution in [2.75, 3.05) is 12.3 Å². The average molecular weight is 312 g/mol. The monoisotopic (exact) mass is 312 g/mol. The highest BCUT2D eigenvalue weighted by molar-refractivity contribution is 7.99. The van der Waals surface area contributed by atoms with Crippen molar-refractivity contribution in [1.29, 1.82) is 0 Å². The predicted octanol–water partition coefficient (Wildman–Crippen LogP) is 2.83. The molecule has 0 aromatic heterocycles. The van der Waals surface area contributed by atoms with Crippen LogP contribution in [0.15, 0.2) is 54.6 Å². The topological polar surface area (TPSA) is 55.1 Å². The van der Waals surface area contributed by atoms with E-state index in [2.05, 4.69) is 29.6 Å². The van der Waals surface area contributed by atoms with Crippen molar-refractivity contribution in [2.45, 2.75) is 17.7 Å². The highest BCUT2D eigenvalue weighted by Gasteiger charge is 2.23. The molecular weight excluding hydrogens is 292 g/mol. The Morgan fingerprint density at radius 1 is 1.18 bits per heavy atom. The number of hydrogen-bond acceptors (Lipinski definition) is 3. The zero-order chi connectivity index (χ0) is 15.4. The maximum absolute atomic E-state index is 11.8. The Labute approximate surface area is 135 Å². The van der Waals surface area contributed by atoms with Crippen LogP contribution >= 0.6 is 11.8 Å². The molecule has 3 nitrogen and oxygen atoms in total. The van der Waals surface area contributed by atoms with E-state index < -0.39 is 6.04 Å².